The monoisotopic (exact) mass is 303 g/mol. The zero-order chi connectivity index (χ0) is 15.5. The molecular formula is C16H21N3O3. The molecule has 1 saturated heterocycles. The normalized spacial score (nSPS) is 17.8. The number of fused-ring (bicyclic) bond motifs is 1. The molecule has 1 aromatic carbocycles. The number of carbonyl (C=O) groups excluding carboxylic acids is 2. The van der Waals surface area contributed by atoms with E-state index in [2.05, 4.69) is 16.3 Å². The fourth-order valence-electron chi connectivity index (χ4n) is 3.14. The highest BCUT2D eigenvalue weighted by Gasteiger charge is 2.26. The number of piperazine rings is 1. The number of methoxy groups -OCH3 is 1. The summed E-state index contributed by atoms with van der Waals surface area (Å²) in [5.74, 6) is 0.714. The minimum atomic E-state index is -0.0868. The average molecular weight is 303 g/mol. The van der Waals surface area contributed by atoms with Crippen molar-refractivity contribution in [2.75, 3.05) is 44.7 Å². The van der Waals surface area contributed by atoms with Crippen LogP contribution in [0.25, 0.3) is 0 Å². The molecule has 2 heterocycles. The highest BCUT2D eigenvalue weighted by Crippen LogP contribution is 2.35. The number of hydrogen-bond donors (Lipinski definition) is 1. The molecule has 0 saturated carbocycles. The summed E-state index contributed by atoms with van der Waals surface area (Å²) in [5.41, 5.74) is 2.24. The zero-order valence-corrected chi connectivity index (χ0v) is 12.8. The predicted molar refractivity (Wildman–Crippen MR) is 83.1 cm³/mol. The lowest BCUT2D eigenvalue weighted by atomic mass is 10.0. The summed E-state index contributed by atoms with van der Waals surface area (Å²) in [4.78, 5) is 27.6. The summed E-state index contributed by atoms with van der Waals surface area (Å²) in [6.07, 6.45) is 2.03. The maximum atomic E-state index is 12.5. The lowest BCUT2D eigenvalue weighted by Crippen LogP contribution is -2.52. The second-order valence-corrected chi connectivity index (χ2v) is 5.66. The Hall–Kier alpha value is -2.24. The summed E-state index contributed by atoms with van der Waals surface area (Å²) in [7, 11) is 1.65. The van der Waals surface area contributed by atoms with Gasteiger partial charge in [-0.15, -0.1) is 0 Å². The Morgan fingerprint density at radius 1 is 1.36 bits per heavy atom. The van der Waals surface area contributed by atoms with Crippen molar-refractivity contribution in [3.63, 3.8) is 0 Å². The van der Waals surface area contributed by atoms with E-state index in [0.717, 1.165) is 30.8 Å². The summed E-state index contributed by atoms with van der Waals surface area (Å²) >= 11 is 0. The molecule has 1 fully saturated rings. The Kier molecular flexibility index (Phi) is 4.18. The number of aryl methyl sites for hydroxylation is 1. The van der Waals surface area contributed by atoms with E-state index in [0.29, 0.717) is 19.6 Å². The number of amides is 2. The first-order valence-corrected chi connectivity index (χ1v) is 7.64. The van der Waals surface area contributed by atoms with Crippen LogP contribution in [0, 0.1) is 0 Å². The lowest BCUT2D eigenvalue weighted by Gasteiger charge is -2.34. The Morgan fingerprint density at radius 2 is 2.23 bits per heavy atom. The van der Waals surface area contributed by atoms with Crippen LogP contribution in [0.3, 0.4) is 0 Å². The zero-order valence-electron chi connectivity index (χ0n) is 12.8. The van der Waals surface area contributed by atoms with Gasteiger partial charge in [-0.25, -0.2) is 0 Å². The minimum absolute atomic E-state index is 0.00592. The van der Waals surface area contributed by atoms with Gasteiger partial charge in [0.1, 0.15) is 5.75 Å². The molecule has 3 rings (SSSR count). The number of nitrogens with one attached hydrogen (secondary N) is 1. The van der Waals surface area contributed by atoms with Crippen molar-refractivity contribution >= 4 is 17.5 Å². The van der Waals surface area contributed by atoms with Crippen LogP contribution in [0.15, 0.2) is 18.2 Å². The van der Waals surface area contributed by atoms with Gasteiger partial charge in [-0.05, 0) is 24.5 Å². The number of para-hydroxylation sites is 1. The van der Waals surface area contributed by atoms with Crippen LogP contribution in [0.2, 0.25) is 0 Å². The van der Waals surface area contributed by atoms with Crippen LogP contribution in [0.5, 0.6) is 5.75 Å². The van der Waals surface area contributed by atoms with Gasteiger partial charge in [0.2, 0.25) is 11.8 Å². The SMILES string of the molecule is COc1cccc2c1N(CC(=O)N1CCNC(=O)C1)CCC2. The first-order chi connectivity index (χ1) is 10.7. The van der Waals surface area contributed by atoms with Crippen molar-refractivity contribution < 1.29 is 14.3 Å². The van der Waals surface area contributed by atoms with Gasteiger partial charge >= 0.3 is 0 Å². The highest BCUT2D eigenvalue weighted by atomic mass is 16.5. The van der Waals surface area contributed by atoms with E-state index in [-0.39, 0.29) is 18.4 Å². The number of nitrogens with zero attached hydrogens (tertiary/aromatic N) is 2. The third kappa shape index (κ3) is 2.86. The van der Waals surface area contributed by atoms with Gasteiger partial charge in [0.25, 0.3) is 0 Å². The fourth-order valence-corrected chi connectivity index (χ4v) is 3.14. The van der Waals surface area contributed by atoms with E-state index in [1.165, 1.54) is 5.56 Å². The van der Waals surface area contributed by atoms with E-state index in [9.17, 15) is 9.59 Å². The highest BCUT2D eigenvalue weighted by molar-refractivity contribution is 5.88. The molecule has 6 heteroatoms. The molecule has 0 aromatic heterocycles. The fraction of sp³-hybridized carbons (Fsp3) is 0.500. The first-order valence-electron chi connectivity index (χ1n) is 7.64. The topological polar surface area (TPSA) is 61.9 Å². The second-order valence-electron chi connectivity index (χ2n) is 5.66. The number of hydrogen-bond acceptors (Lipinski definition) is 4. The van der Waals surface area contributed by atoms with Crippen LogP contribution in [0.4, 0.5) is 5.69 Å². The van der Waals surface area contributed by atoms with Crippen LogP contribution in [-0.2, 0) is 16.0 Å². The van der Waals surface area contributed by atoms with E-state index in [1.807, 2.05) is 12.1 Å². The Bertz CT molecular complexity index is 574. The molecule has 1 N–H and O–H groups in total. The van der Waals surface area contributed by atoms with Crippen molar-refractivity contribution in [3.05, 3.63) is 23.8 Å². The molecule has 1 aromatic rings. The van der Waals surface area contributed by atoms with Crippen LogP contribution in [-0.4, -0.2) is 56.5 Å². The maximum absolute atomic E-state index is 12.5. The molecule has 0 spiro atoms. The standard InChI is InChI=1S/C16H21N3O3/c1-22-13-6-2-4-12-5-3-8-19(16(12)13)11-15(21)18-9-7-17-14(20)10-18/h2,4,6H,3,5,7-11H2,1H3,(H,17,20). The number of benzene rings is 1. The second kappa shape index (κ2) is 6.25. The minimum Gasteiger partial charge on any atom is -0.495 e. The summed E-state index contributed by atoms with van der Waals surface area (Å²) < 4.78 is 5.46. The Morgan fingerprint density at radius 3 is 3.00 bits per heavy atom. The van der Waals surface area contributed by atoms with Gasteiger partial charge in [-0.2, -0.15) is 0 Å². The van der Waals surface area contributed by atoms with E-state index >= 15 is 0 Å². The van der Waals surface area contributed by atoms with Crippen molar-refractivity contribution in [1.29, 1.82) is 0 Å². The van der Waals surface area contributed by atoms with Gasteiger partial charge < -0.3 is 19.9 Å². The molecule has 22 heavy (non-hydrogen) atoms. The van der Waals surface area contributed by atoms with Gasteiger partial charge in [0.05, 0.1) is 25.9 Å². The van der Waals surface area contributed by atoms with Crippen LogP contribution in [0.1, 0.15) is 12.0 Å². The molecule has 0 unspecified atom stereocenters. The summed E-state index contributed by atoms with van der Waals surface area (Å²) in [5, 5.41) is 2.74. The van der Waals surface area contributed by atoms with Gasteiger partial charge in [0, 0.05) is 19.6 Å². The van der Waals surface area contributed by atoms with E-state index in [1.54, 1.807) is 12.0 Å². The number of carbonyl (C=O) groups is 2. The molecule has 2 aliphatic heterocycles. The van der Waals surface area contributed by atoms with Crippen LogP contribution >= 0.6 is 0 Å². The first kappa shape index (κ1) is 14.7. The lowest BCUT2D eigenvalue weighted by molar-refractivity contribution is -0.137. The molecule has 0 bridgehead atoms. The molecule has 2 aliphatic rings. The van der Waals surface area contributed by atoms with Crippen molar-refractivity contribution in [1.82, 2.24) is 10.2 Å². The number of rotatable bonds is 3. The van der Waals surface area contributed by atoms with Gasteiger partial charge in [-0.3, -0.25) is 9.59 Å². The molecule has 0 aliphatic carbocycles. The molecule has 0 radical (unpaired) electrons. The van der Waals surface area contributed by atoms with Crippen molar-refractivity contribution in [3.8, 4) is 5.75 Å². The maximum Gasteiger partial charge on any atom is 0.242 e. The number of anilines is 1. The smallest absolute Gasteiger partial charge is 0.242 e. The quantitative estimate of drug-likeness (QED) is 0.878. The van der Waals surface area contributed by atoms with Crippen molar-refractivity contribution in [2.24, 2.45) is 0 Å². The Balaban J connectivity index is 1.77. The molecule has 6 nitrogen and oxygen atoms in total. The summed E-state index contributed by atoms with van der Waals surface area (Å²) in [6, 6.07) is 6.00. The Labute approximate surface area is 130 Å². The number of ether oxygens (including phenoxy) is 1. The summed E-state index contributed by atoms with van der Waals surface area (Å²) in [6.45, 7) is 2.40. The predicted octanol–water partition coefficient (Wildman–Crippen LogP) is 0.406. The van der Waals surface area contributed by atoms with Crippen LogP contribution < -0.4 is 15.0 Å². The van der Waals surface area contributed by atoms with Crippen molar-refractivity contribution in [2.45, 2.75) is 12.8 Å². The largest absolute Gasteiger partial charge is 0.495 e. The molecule has 0 atom stereocenters. The molecule has 2 amide bonds. The molecule has 118 valence electrons. The third-order valence-electron chi connectivity index (χ3n) is 4.21. The average Bonchev–Trinajstić information content (AvgIpc) is 2.54. The van der Waals surface area contributed by atoms with Gasteiger partial charge in [-0.1, -0.05) is 12.1 Å². The third-order valence-corrected chi connectivity index (χ3v) is 4.21. The van der Waals surface area contributed by atoms with E-state index < -0.39 is 0 Å². The van der Waals surface area contributed by atoms with E-state index in [4.69, 9.17) is 4.74 Å². The molecular weight excluding hydrogens is 282 g/mol. The van der Waals surface area contributed by atoms with Gasteiger partial charge in [0.15, 0.2) is 0 Å².